The van der Waals surface area contributed by atoms with E-state index in [1.165, 1.54) is 33.3 Å². The summed E-state index contributed by atoms with van der Waals surface area (Å²) in [5.74, 6) is -0.391. The smallest absolute Gasteiger partial charge is 0.229 e. The van der Waals surface area contributed by atoms with E-state index in [1.807, 2.05) is 0 Å². The van der Waals surface area contributed by atoms with Crippen molar-refractivity contribution >= 4 is 11.0 Å². The fourth-order valence-electron chi connectivity index (χ4n) is 5.06. The fourth-order valence-corrected chi connectivity index (χ4v) is 5.06. The number of rotatable bonds is 8. The van der Waals surface area contributed by atoms with Crippen LogP contribution in [0.1, 0.15) is 6.92 Å². The van der Waals surface area contributed by atoms with Gasteiger partial charge in [-0.2, -0.15) is 0 Å². The Morgan fingerprint density at radius 3 is 2.11 bits per heavy atom. The van der Waals surface area contributed by atoms with E-state index in [2.05, 4.69) is 0 Å². The minimum Gasteiger partial charge on any atom is -0.504 e. The molecule has 3 heterocycles. The molecule has 10 atom stereocenters. The maximum atomic E-state index is 13.0. The number of ether oxygens (including phenoxy) is 6. The normalized spacial score (nSPS) is 32.4. The second-order valence-corrected chi connectivity index (χ2v) is 10.5. The lowest BCUT2D eigenvalue weighted by Crippen LogP contribution is -2.61. The first-order valence-electron chi connectivity index (χ1n) is 13.6. The van der Waals surface area contributed by atoms with E-state index in [4.69, 9.17) is 32.8 Å². The first-order valence-corrected chi connectivity index (χ1v) is 13.6. The molecule has 2 aromatic carbocycles. The fraction of sp³-hybridized carbons (Fsp3) is 0.483. The third kappa shape index (κ3) is 5.93. The Morgan fingerprint density at radius 2 is 1.45 bits per heavy atom. The van der Waals surface area contributed by atoms with Gasteiger partial charge < -0.3 is 68.6 Å². The van der Waals surface area contributed by atoms with E-state index in [9.17, 15) is 40.5 Å². The van der Waals surface area contributed by atoms with Gasteiger partial charge in [-0.1, -0.05) is 0 Å². The van der Waals surface area contributed by atoms with Gasteiger partial charge in [-0.3, -0.25) is 4.79 Å². The average Bonchev–Trinajstić information content (AvgIpc) is 3.01. The van der Waals surface area contributed by atoms with E-state index < -0.39 is 79.2 Å². The molecule has 0 saturated carbocycles. The van der Waals surface area contributed by atoms with Crippen molar-refractivity contribution in [2.24, 2.45) is 0 Å². The largest absolute Gasteiger partial charge is 0.504 e. The number of hydrogen-bond donors (Lipinski definition) is 7. The van der Waals surface area contributed by atoms with Crippen molar-refractivity contribution < 1.29 is 68.6 Å². The van der Waals surface area contributed by atoms with Gasteiger partial charge in [0.2, 0.25) is 12.0 Å². The Bertz CT molecular complexity index is 1510. The minimum absolute atomic E-state index is 0.0966. The molecule has 7 N–H and O–H groups in total. The van der Waals surface area contributed by atoms with Gasteiger partial charge in [-0.25, -0.2) is 0 Å². The molecule has 2 saturated heterocycles. The summed E-state index contributed by atoms with van der Waals surface area (Å²) >= 11 is 0. The molecule has 15 heteroatoms. The molecular weight excluding hydrogens is 588 g/mol. The van der Waals surface area contributed by atoms with Gasteiger partial charge in [-0.05, 0) is 31.2 Å². The third-order valence-electron chi connectivity index (χ3n) is 7.64. The number of aliphatic hydroxyl groups is 6. The first kappa shape index (κ1) is 31.9. The van der Waals surface area contributed by atoms with Crippen LogP contribution < -0.4 is 19.6 Å². The number of hydrogen-bond acceptors (Lipinski definition) is 15. The summed E-state index contributed by atoms with van der Waals surface area (Å²) in [6, 6.07) is 9.13. The number of aromatic hydroxyl groups is 1. The van der Waals surface area contributed by atoms with E-state index in [1.54, 1.807) is 24.3 Å². The highest BCUT2D eigenvalue weighted by atomic mass is 16.7. The van der Waals surface area contributed by atoms with E-state index in [0.29, 0.717) is 11.3 Å². The molecule has 240 valence electrons. The molecule has 0 unspecified atom stereocenters. The molecule has 15 nitrogen and oxygen atoms in total. The predicted octanol–water partition coefficient (Wildman–Crippen LogP) is -0.787. The molecule has 2 aliphatic rings. The molecule has 3 aromatic rings. The zero-order chi connectivity index (χ0) is 31.9. The Hall–Kier alpha value is -3.51. The van der Waals surface area contributed by atoms with Crippen LogP contribution in [-0.4, -0.2) is 118 Å². The molecule has 2 aliphatic heterocycles. The summed E-state index contributed by atoms with van der Waals surface area (Å²) < 4.78 is 38.7. The van der Waals surface area contributed by atoms with Crippen LogP contribution in [0.3, 0.4) is 0 Å². The first-order chi connectivity index (χ1) is 20.9. The van der Waals surface area contributed by atoms with Crippen LogP contribution in [0.25, 0.3) is 22.3 Å². The van der Waals surface area contributed by atoms with Gasteiger partial charge >= 0.3 is 0 Å². The number of phenolic OH excluding ortho intramolecular Hbond substituents is 1. The maximum Gasteiger partial charge on any atom is 0.229 e. The Labute approximate surface area is 249 Å². The van der Waals surface area contributed by atoms with Gasteiger partial charge in [-0.15, -0.1) is 0 Å². The molecule has 5 rings (SSSR count). The van der Waals surface area contributed by atoms with E-state index >= 15 is 0 Å². The summed E-state index contributed by atoms with van der Waals surface area (Å²) in [5, 5.41) is 72.6. The van der Waals surface area contributed by atoms with Gasteiger partial charge in [0.05, 0.1) is 26.9 Å². The van der Waals surface area contributed by atoms with Crippen LogP contribution in [0.4, 0.5) is 0 Å². The monoisotopic (exact) mass is 622 g/mol. The van der Waals surface area contributed by atoms with Crippen LogP contribution in [0, 0.1) is 0 Å². The van der Waals surface area contributed by atoms with Gasteiger partial charge in [0.25, 0.3) is 0 Å². The standard InChI is InChI=1S/C29H34O15/c1-11-20(31)23(34)25(36)28(41-11)40-10-18-21(32)24(35)26(37)29(44-18)43-17-9-16-19(22(33)27(17)39-3)14(30)8-15(42-16)12-4-6-13(38-2)7-5-12/h4-9,11,18,20-21,23-26,28-29,31-37H,10H2,1-3H3/t11-,18+,20+,21+,23+,24-,25+,26+,28-,29+/m1/s1. The second-order valence-electron chi connectivity index (χ2n) is 10.5. The van der Waals surface area contributed by atoms with Crippen molar-refractivity contribution in [3.8, 4) is 34.3 Å². The summed E-state index contributed by atoms with van der Waals surface area (Å²) in [7, 11) is 2.72. The van der Waals surface area contributed by atoms with Crippen molar-refractivity contribution in [3.63, 3.8) is 0 Å². The molecule has 0 spiro atoms. The van der Waals surface area contributed by atoms with Crippen LogP contribution in [0.2, 0.25) is 0 Å². The lowest BCUT2D eigenvalue weighted by molar-refractivity contribution is -0.318. The lowest BCUT2D eigenvalue weighted by Gasteiger charge is -2.42. The highest BCUT2D eigenvalue weighted by molar-refractivity contribution is 5.89. The zero-order valence-electron chi connectivity index (χ0n) is 23.8. The average molecular weight is 623 g/mol. The highest BCUT2D eigenvalue weighted by Gasteiger charge is 2.47. The number of aliphatic hydroxyl groups excluding tert-OH is 6. The molecular formula is C29H34O15. The molecule has 44 heavy (non-hydrogen) atoms. The molecule has 0 amide bonds. The number of methoxy groups -OCH3 is 2. The molecule has 1 aromatic heterocycles. The second kappa shape index (κ2) is 12.8. The summed E-state index contributed by atoms with van der Waals surface area (Å²) in [5.41, 5.74) is -0.138. The third-order valence-corrected chi connectivity index (χ3v) is 7.64. The topological polar surface area (TPSA) is 227 Å². The number of phenols is 1. The Morgan fingerprint density at radius 1 is 0.795 bits per heavy atom. The molecule has 0 bridgehead atoms. The zero-order valence-corrected chi connectivity index (χ0v) is 23.8. The van der Waals surface area contributed by atoms with Crippen molar-refractivity contribution in [1.82, 2.24) is 0 Å². The summed E-state index contributed by atoms with van der Waals surface area (Å²) in [4.78, 5) is 13.0. The van der Waals surface area contributed by atoms with E-state index in [-0.39, 0.29) is 28.2 Å². The van der Waals surface area contributed by atoms with Crippen LogP contribution in [-0.2, 0) is 14.2 Å². The van der Waals surface area contributed by atoms with Gasteiger partial charge in [0.15, 0.2) is 23.2 Å². The van der Waals surface area contributed by atoms with Gasteiger partial charge in [0, 0.05) is 17.7 Å². The highest BCUT2D eigenvalue weighted by Crippen LogP contribution is 2.43. The Kier molecular flexibility index (Phi) is 9.31. The molecule has 0 radical (unpaired) electrons. The molecule has 2 fully saturated rings. The Balaban J connectivity index is 1.41. The van der Waals surface area contributed by atoms with E-state index in [0.717, 1.165) is 0 Å². The van der Waals surface area contributed by atoms with Crippen molar-refractivity contribution in [2.45, 2.75) is 68.3 Å². The SMILES string of the molecule is COc1ccc(-c2cc(=O)c3c(O)c(OC)c(O[C@H]4O[C@@H](CO[C@@H]5O[C@H](C)[C@H](O)[C@H](O)[C@@H]5O)[C@H](O)[C@@H](O)[C@@H]4O)cc3o2)cc1. The van der Waals surface area contributed by atoms with Crippen molar-refractivity contribution in [2.75, 3.05) is 20.8 Å². The van der Waals surface area contributed by atoms with Crippen molar-refractivity contribution in [1.29, 1.82) is 0 Å². The van der Waals surface area contributed by atoms with Crippen molar-refractivity contribution in [3.05, 3.63) is 46.6 Å². The maximum absolute atomic E-state index is 13.0. The van der Waals surface area contributed by atoms with Gasteiger partial charge in [0.1, 0.15) is 65.2 Å². The molecule has 0 aliphatic carbocycles. The quantitative estimate of drug-likeness (QED) is 0.163. The number of fused-ring (bicyclic) bond motifs is 1. The minimum atomic E-state index is -1.81. The predicted molar refractivity (Wildman–Crippen MR) is 148 cm³/mol. The van der Waals surface area contributed by atoms with Crippen LogP contribution in [0.15, 0.2) is 45.6 Å². The summed E-state index contributed by atoms with van der Waals surface area (Å²) in [6.07, 6.45) is -15.2. The lowest BCUT2D eigenvalue weighted by atomic mass is 9.98. The van der Waals surface area contributed by atoms with Crippen LogP contribution >= 0.6 is 0 Å². The summed E-state index contributed by atoms with van der Waals surface area (Å²) in [6.45, 7) is 0.947. The van der Waals surface area contributed by atoms with Crippen LogP contribution in [0.5, 0.6) is 23.0 Å². The number of benzene rings is 2.